The summed E-state index contributed by atoms with van der Waals surface area (Å²) in [5, 5.41) is 17.8. The number of ether oxygens (including phenoxy) is 1. The fourth-order valence-electron chi connectivity index (χ4n) is 0.945. The summed E-state index contributed by atoms with van der Waals surface area (Å²) in [4.78, 5) is 10.9. The Balaban J connectivity index is 4.16. The summed E-state index contributed by atoms with van der Waals surface area (Å²) < 4.78 is 4.42. The molecule has 4 N–H and O–H groups in total. The van der Waals surface area contributed by atoms with Crippen LogP contribution in [0.4, 0.5) is 0 Å². The van der Waals surface area contributed by atoms with Gasteiger partial charge in [-0.15, -0.1) is 0 Å². The van der Waals surface area contributed by atoms with E-state index in [0.29, 0.717) is 0 Å². The standard InChI is InChI=1S/C8H17NO4/c1-8(4-10,5-11)3-6(9)7(12)13-2/h6,10-11H,3-5,9H2,1-2H3. The lowest BCUT2D eigenvalue weighted by Gasteiger charge is -2.26. The highest BCUT2D eigenvalue weighted by atomic mass is 16.5. The van der Waals surface area contributed by atoms with Crippen LogP contribution in [0.15, 0.2) is 0 Å². The summed E-state index contributed by atoms with van der Waals surface area (Å²) in [6.07, 6.45) is 0.201. The average Bonchev–Trinajstić information content (AvgIpc) is 2.16. The first-order valence-corrected chi connectivity index (χ1v) is 4.04. The topological polar surface area (TPSA) is 92.8 Å². The van der Waals surface area contributed by atoms with Crippen molar-refractivity contribution in [2.75, 3.05) is 20.3 Å². The maximum Gasteiger partial charge on any atom is 0.322 e. The maximum absolute atomic E-state index is 10.9. The van der Waals surface area contributed by atoms with Crippen LogP contribution >= 0.6 is 0 Å². The van der Waals surface area contributed by atoms with Crippen LogP contribution in [-0.2, 0) is 9.53 Å². The second-order valence-corrected chi connectivity index (χ2v) is 3.46. The third kappa shape index (κ3) is 3.71. The van der Waals surface area contributed by atoms with Crippen LogP contribution in [0.1, 0.15) is 13.3 Å². The molecule has 0 aromatic carbocycles. The fraction of sp³-hybridized carbons (Fsp3) is 0.875. The van der Waals surface area contributed by atoms with Crippen molar-refractivity contribution in [2.24, 2.45) is 11.1 Å². The van der Waals surface area contributed by atoms with Gasteiger partial charge in [-0.3, -0.25) is 4.79 Å². The van der Waals surface area contributed by atoms with Gasteiger partial charge in [0.2, 0.25) is 0 Å². The predicted molar refractivity (Wildman–Crippen MR) is 46.9 cm³/mol. The molecular weight excluding hydrogens is 174 g/mol. The van der Waals surface area contributed by atoms with Crippen molar-refractivity contribution in [3.63, 3.8) is 0 Å². The SMILES string of the molecule is COC(=O)C(N)CC(C)(CO)CO. The number of nitrogens with two attached hydrogens (primary N) is 1. The van der Waals surface area contributed by atoms with Crippen LogP contribution in [-0.4, -0.2) is 42.5 Å². The van der Waals surface area contributed by atoms with Crippen molar-refractivity contribution in [1.29, 1.82) is 0 Å². The number of aliphatic hydroxyl groups is 2. The van der Waals surface area contributed by atoms with E-state index in [9.17, 15) is 4.79 Å². The van der Waals surface area contributed by atoms with Crippen molar-refractivity contribution in [3.8, 4) is 0 Å². The highest BCUT2D eigenvalue weighted by Crippen LogP contribution is 2.21. The zero-order valence-corrected chi connectivity index (χ0v) is 7.99. The summed E-state index contributed by atoms with van der Waals surface area (Å²) in [5.41, 5.74) is 4.74. The molecule has 0 rings (SSSR count). The number of hydrogen-bond acceptors (Lipinski definition) is 5. The maximum atomic E-state index is 10.9. The van der Waals surface area contributed by atoms with Crippen LogP contribution in [0.2, 0.25) is 0 Å². The smallest absolute Gasteiger partial charge is 0.322 e. The second-order valence-electron chi connectivity index (χ2n) is 3.46. The number of carbonyl (C=O) groups excluding carboxylic acids is 1. The molecule has 0 aromatic rings. The van der Waals surface area contributed by atoms with E-state index in [1.54, 1.807) is 6.92 Å². The number of rotatable bonds is 5. The van der Waals surface area contributed by atoms with Gasteiger partial charge >= 0.3 is 5.97 Å². The Hall–Kier alpha value is -0.650. The van der Waals surface area contributed by atoms with Gasteiger partial charge in [-0.25, -0.2) is 0 Å². The minimum absolute atomic E-state index is 0.201. The van der Waals surface area contributed by atoms with Gasteiger partial charge in [0, 0.05) is 5.41 Å². The summed E-state index contributed by atoms with van der Waals surface area (Å²) in [6.45, 7) is 1.22. The Morgan fingerprint density at radius 2 is 2.00 bits per heavy atom. The van der Waals surface area contributed by atoms with Gasteiger partial charge in [0.25, 0.3) is 0 Å². The van der Waals surface area contributed by atoms with Gasteiger partial charge < -0.3 is 20.7 Å². The first-order valence-electron chi connectivity index (χ1n) is 4.04. The molecule has 0 aliphatic heterocycles. The Morgan fingerprint density at radius 3 is 2.31 bits per heavy atom. The second kappa shape index (κ2) is 5.16. The zero-order valence-electron chi connectivity index (χ0n) is 7.99. The number of methoxy groups -OCH3 is 1. The Labute approximate surface area is 77.5 Å². The van der Waals surface area contributed by atoms with Gasteiger partial charge in [-0.2, -0.15) is 0 Å². The molecule has 78 valence electrons. The zero-order chi connectivity index (χ0) is 10.5. The molecule has 0 heterocycles. The molecule has 0 fully saturated rings. The molecule has 0 radical (unpaired) electrons. The van der Waals surface area contributed by atoms with Crippen LogP contribution in [0.5, 0.6) is 0 Å². The monoisotopic (exact) mass is 191 g/mol. The molecule has 0 spiro atoms. The normalized spacial score (nSPS) is 13.9. The van der Waals surface area contributed by atoms with Crippen LogP contribution in [0, 0.1) is 5.41 Å². The highest BCUT2D eigenvalue weighted by molar-refractivity contribution is 5.75. The lowest BCUT2D eigenvalue weighted by molar-refractivity contribution is -0.143. The molecule has 0 aromatic heterocycles. The minimum atomic E-state index is -0.797. The van der Waals surface area contributed by atoms with Gasteiger partial charge in [0.15, 0.2) is 0 Å². The average molecular weight is 191 g/mol. The first-order chi connectivity index (χ1) is 5.99. The van der Waals surface area contributed by atoms with Gasteiger partial charge in [-0.1, -0.05) is 6.92 Å². The molecule has 0 amide bonds. The van der Waals surface area contributed by atoms with E-state index < -0.39 is 17.4 Å². The molecule has 0 aliphatic carbocycles. The highest BCUT2D eigenvalue weighted by Gasteiger charge is 2.28. The van der Waals surface area contributed by atoms with Crippen LogP contribution < -0.4 is 5.73 Å². The molecule has 0 bridgehead atoms. The number of esters is 1. The number of carbonyl (C=O) groups is 1. The lowest BCUT2D eigenvalue weighted by atomic mass is 9.85. The largest absolute Gasteiger partial charge is 0.468 e. The fourth-order valence-corrected chi connectivity index (χ4v) is 0.945. The molecular formula is C8H17NO4. The Kier molecular flexibility index (Phi) is 4.90. The molecule has 5 heteroatoms. The van der Waals surface area contributed by atoms with E-state index in [4.69, 9.17) is 15.9 Å². The third-order valence-corrected chi connectivity index (χ3v) is 1.98. The van der Waals surface area contributed by atoms with Crippen molar-refractivity contribution in [2.45, 2.75) is 19.4 Å². The molecule has 0 saturated carbocycles. The molecule has 1 unspecified atom stereocenters. The van der Waals surface area contributed by atoms with Gasteiger partial charge in [0.1, 0.15) is 6.04 Å². The third-order valence-electron chi connectivity index (χ3n) is 1.98. The number of aliphatic hydroxyl groups excluding tert-OH is 2. The van der Waals surface area contributed by atoms with Crippen molar-refractivity contribution in [1.82, 2.24) is 0 Å². The van der Waals surface area contributed by atoms with E-state index in [-0.39, 0.29) is 19.6 Å². The Bertz CT molecular complexity index is 168. The van der Waals surface area contributed by atoms with Crippen molar-refractivity contribution >= 4 is 5.97 Å². The number of hydrogen-bond donors (Lipinski definition) is 3. The summed E-state index contributed by atoms with van der Waals surface area (Å²) in [6, 6.07) is -0.797. The van der Waals surface area contributed by atoms with E-state index in [0.717, 1.165) is 0 Å². The van der Waals surface area contributed by atoms with Crippen molar-refractivity contribution < 1.29 is 19.7 Å². The Morgan fingerprint density at radius 1 is 1.54 bits per heavy atom. The molecule has 0 saturated heterocycles. The molecule has 1 atom stereocenters. The minimum Gasteiger partial charge on any atom is -0.468 e. The van der Waals surface area contributed by atoms with E-state index in [2.05, 4.69) is 4.74 Å². The van der Waals surface area contributed by atoms with Gasteiger partial charge in [0.05, 0.1) is 20.3 Å². The quantitative estimate of drug-likeness (QED) is 0.478. The molecule has 13 heavy (non-hydrogen) atoms. The van der Waals surface area contributed by atoms with Gasteiger partial charge in [-0.05, 0) is 6.42 Å². The van der Waals surface area contributed by atoms with E-state index in [1.807, 2.05) is 0 Å². The first kappa shape index (κ1) is 12.3. The summed E-state index contributed by atoms with van der Waals surface area (Å²) in [5.74, 6) is -0.534. The lowest BCUT2D eigenvalue weighted by Crippen LogP contribution is -2.40. The summed E-state index contributed by atoms with van der Waals surface area (Å²) >= 11 is 0. The van der Waals surface area contributed by atoms with Crippen LogP contribution in [0.3, 0.4) is 0 Å². The van der Waals surface area contributed by atoms with Crippen molar-refractivity contribution in [3.05, 3.63) is 0 Å². The van der Waals surface area contributed by atoms with E-state index in [1.165, 1.54) is 7.11 Å². The summed E-state index contributed by atoms with van der Waals surface area (Å²) in [7, 11) is 1.25. The van der Waals surface area contributed by atoms with Crippen LogP contribution in [0.25, 0.3) is 0 Å². The van der Waals surface area contributed by atoms with E-state index >= 15 is 0 Å². The molecule has 5 nitrogen and oxygen atoms in total. The predicted octanol–water partition coefficient (Wildman–Crippen LogP) is -1.13. The molecule has 0 aliphatic rings.